The van der Waals surface area contributed by atoms with Gasteiger partial charge in [0.25, 0.3) is 5.89 Å². The fraction of sp³-hybridized carbons (Fsp3) is 0.348. The highest BCUT2D eigenvalue weighted by atomic mass is 35.5. The second kappa shape index (κ2) is 9.39. The molecule has 3 rings (SSSR count). The molecule has 0 radical (unpaired) electrons. The van der Waals surface area contributed by atoms with E-state index in [1.807, 2.05) is 58.0 Å². The standard InChI is InChI=1S/C23H26ClN3O4/c1-14(2)30-19-10-7-16(11-18(19)24)21-26-22(31-27-21)15-5-8-17(9-6-15)25-13-23(3,4)12-20(28)29/h5-11,14,25H,12-13H2,1-4H3,(H,28,29). The van der Waals surface area contributed by atoms with Gasteiger partial charge in [0, 0.05) is 23.4 Å². The summed E-state index contributed by atoms with van der Waals surface area (Å²) >= 11 is 6.30. The quantitative estimate of drug-likeness (QED) is 0.434. The molecule has 3 aromatic rings. The number of carboxylic acids is 1. The van der Waals surface area contributed by atoms with E-state index in [0.29, 0.717) is 29.0 Å². The van der Waals surface area contributed by atoms with E-state index in [1.54, 1.807) is 12.1 Å². The first-order chi connectivity index (χ1) is 14.6. The number of benzene rings is 2. The van der Waals surface area contributed by atoms with Gasteiger partial charge in [-0.3, -0.25) is 4.79 Å². The number of nitrogens with zero attached hydrogens (tertiary/aromatic N) is 2. The molecule has 0 aliphatic carbocycles. The Bertz CT molecular complexity index is 1050. The minimum absolute atomic E-state index is 0.0285. The Kier molecular flexibility index (Phi) is 6.85. The third kappa shape index (κ3) is 6.21. The van der Waals surface area contributed by atoms with Gasteiger partial charge in [0.1, 0.15) is 5.75 Å². The molecule has 0 aliphatic heterocycles. The maximum atomic E-state index is 10.9. The summed E-state index contributed by atoms with van der Waals surface area (Å²) in [6.45, 7) is 8.24. The number of carboxylic acid groups (broad SMARTS) is 1. The molecule has 0 unspecified atom stereocenters. The number of anilines is 1. The van der Waals surface area contributed by atoms with Crippen LogP contribution in [0.25, 0.3) is 22.8 Å². The van der Waals surface area contributed by atoms with E-state index in [1.165, 1.54) is 0 Å². The summed E-state index contributed by atoms with van der Waals surface area (Å²) in [5.74, 6) is 0.633. The number of hydrogen-bond donors (Lipinski definition) is 2. The van der Waals surface area contributed by atoms with Crippen molar-refractivity contribution in [2.45, 2.75) is 40.2 Å². The van der Waals surface area contributed by atoms with Crippen molar-refractivity contribution in [3.05, 3.63) is 47.5 Å². The zero-order valence-electron chi connectivity index (χ0n) is 18.0. The lowest BCUT2D eigenvalue weighted by atomic mass is 9.89. The Balaban J connectivity index is 1.68. The Morgan fingerprint density at radius 2 is 1.87 bits per heavy atom. The summed E-state index contributed by atoms with van der Waals surface area (Å²) in [7, 11) is 0. The van der Waals surface area contributed by atoms with Crippen molar-refractivity contribution in [3.8, 4) is 28.6 Å². The van der Waals surface area contributed by atoms with Crippen LogP contribution in [0.3, 0.4) is 0 Å². The van der Waals surface area contributed by atoms with Crippen LogP contribution in [0.4, 0.5) is 5.69 Å². The van der Waals surface area contributed by atoms with Gasteiger partial charge < -0.3 is 19.7 Å². The molecule has 0 bridgehead atoms. The fourth-order valence-corrected chi connectivity index (χ4v) is 3.22. The van der Waals surface area contributed by atoms with Crippen molar-refractivity contribution in [2.75, 3.05) is 11.9 Å². The zero-order valence-corrected chi connectivity index (χ0v) is 18.7. The van der Waals surface area contributed by atoms with Crippen molar-refractivity contribution in [1.29, 1.82) is 0 Å². The molecular weight excluding hydrogens is 418 g/mol. The lowest BCUT2D eigenvalue weighted by Gasteiger charge is -2.23. The molecule has 2 aromatic carbocycles. The largest absolute Gasteiger partial charge is 0.489 e. The van der Waals surface area contributed by atoms with Crippen LogP contribution in [0.15, 0.2) is 47.0 Å². The van der Waals surface area contributed by atoms with Crippen molar-refractivity contribution in [2.24, 2.45) is 5.41 Å². The summed E-state index contributed by atoms with van der Waals surface area (Å²) in [6, 6.07) is 12.9. The lowest BCUT2D eigenvalue weighted by Crippen LogP contribution is -2.26. The van der Waals surface area contributed by atoms with Gasteiger partial charge in [-0.05, 0) is 61.7 Å². The zero-order chi connectivity index (χ0) is 22.6. The van der Waals surface area contributed by atoms with E-state index >= 15 is 0 Å². The molecule has 0 spiro atoms. The number of hydrogen-bond acceptors (Lipinski definition) is 6. The maximum Gasteiger partial charge on any atom is 0.303 e. The summed E-state index contributed by atoms with van der Waals surface area (Å²) in [5.41, 5.74) is 2.03. The minimum Gasteiger partial charge on any atom is -0.489 e. The van der Waals surface area contributed by atoms with Gasteiger partial charge in [0.05, 0.1) is 17.5 Å². The third-order valence-electron chi connectivity index (χ3n) is 4.51. The van der Waals surface area contributed by atoms with Crippen LogP contribution in [0.2, 0.25) is 5.02 Å². The Morgan fingerprint density at radius 1 is 1.19 bits per heavy atom. The average Bonchev–Trinajstić information content (AvgIpc) is 3.17. The molecule has 0 atom stereocenters. The highest BCUT2D eigenvalue weighted by Gasteiger charge is 2.21. The molecule has 164 valence electrons. The second-order valence-corrected chi connectivity index (χ2v) is 8.81. The SMILES string of the molecule is CC(C)Oc1ccc(-c2noc(-c3ccc(NCC(C)(C)CC(=O)O)cc3)n2)cc1Cl. The highest BCUT2D eigenvalue weighted by Crippen LogP contribution is 2.31. The van der Waals surface area contributed by atoms with E-state index in [4.69, 9.17) is 26.0 Å². The first kappa shape index (κ1) is 22.6. The molecule has 7 nitrogen and oxygen atoms in total. The van der Waals surface area contributed by atoms with Crippen molar-refractivity contribution in [1.82, 2.24) is 10.1 Å². The predicted octanol–water partition coefficient (Wildman–Crippen LogP) is 5.76. The highest BCUT2D eigenvalue weighted by molar-refractivity contribution is 6.32. The first-order valence-electron chi connectivity index (χ1n) is 9.99. The smallest absolute Gasteiger partial charge is 0.303 e. The number of aromatic nitrogens is 2. The van der Waals surface area contributed by atoms with E-state index < -0.39 is 5.97 Å². The third-order valence-corrected chi connectivity index (χ3v) is 4.81. The van der Waals surface area contributed by atoms with Gasteiger partial charge in [-0.15, -0.1) is 0 Å². The van der Waals surface area contributed by atoms with E-state index in [0.717, 1.165) is 16.8 Å². The molecule has 31 heavy (non-hydrogen) atoms. The predicted molar refractivity (Wildman–Crippen MR) is 120 cm³/mol. The van der Waals surface area contributed by atoms with Crippen molar-refractivity contribution >= 4 is 23.3 Å². The minimum atomic E-state index is -0.808. The van der Waals surface area contributed by atoms with Gasteiger partial charge in [0.15, 0.2) is 0 Å². The van der Waals surface area contributed by atoms with Crippen molar-refractivity contribution in [3.63, 3.8) is 0 Å². The van der Waals surface area contributed by atoms with E-state index in [-0.39, 0.29) is 17.9 Å². The topological polar surface area (TPSA) is 97.5 Å². The molecule has 8 heteroatoms. The maximum absolute atomic E-state index is 10.9. The molecule has 0 saturated carbocycles. The van der Waals surface area contributed by atoms with E-state index in [9.17, 15) is 4.79 Å². The summed E-state index contributed by atoms with van der Waals surface area (Å²) in [5, 5.41) is 16.8. The van der Waals surface area contributed by atoms with Crippen LogP contribution in [-0.4, -0.2) is 33.9 Å². The second-order valence-electron chi connectivity index (χ2n) is 8.40. The fourth-order valence-electron chi connectivity index (χ4n) is 2.99. The van der Waals surface area contributed by atoms with Gasteiger partial charge >= 0.3 is 5.97 Å². The molecule has 0 saturated heterocycles. The molecule has 0 fully saturated rings. The molecule has 0 aliphatic rings. The lowest BCUT2D eigenvalue weighted by molar-refractivity contribution is -0.139. The number of halogens is 1. The summed E-state index contributed by atoms with van der Waals surface area (Å²) in [4.78, 5) is 15.4. The van der Waals surface area contributed by atoms with Crippen LogP contribution in [0.5, 0.6) is 5.75 Å². The van der Waals surface area contributed by atoms with Gasteiger partial charge in [0.2, 0.25) is 5.82 Å². The molecular formula is C23H26ClN3O4. The molecule has 0 amide bonds. The van der Waals surface area contributed by atoms with Crippen LogP contribution in [0, 0.1) is 5.41 Å². The van der Waals surface area contributed by atoms with Crippen LogP contribution < -0.4 is 10.1 Å². The van der Waals surface area contributed by atoms with Crippen LogP contribution >= 0.6 is 11.6 Å². The van der Waals surface area contributed by atoms with Gasteiger partial charge in [-0.25, -0.2) is 0 Å². The number of rotatable bonds is 9. The van der Waals surface area contributed by atoms with Gasteiger partial charge in [-0.2, -0.15) is 4.98 Å². The summed E-state index contributed by atoms with van der Waals surface area (Å²) in [6.07, 6.45) is 0.123. The Morgan fingerprint density at radius 3 is 2.48 bits per heavy atom. The van der Waals surface area contributed by atoms with Gasteiger partial charge in [-0.1, -0.05) is 30.6 Å². The average molecular weight is 444 g/mol. The number of carbonyl (C=O) groups is 1. The van der Waals surface area contributed by atoms with Crippen molar-refractivity contribution < 1.29 is 19.2 Å². The first-order valence-corrected chi connectivity index (χ1v) is 10.4. The Hall–Kier alpha value is -3.06. The number of ether oxygens (including phenoxy) is 1. The number of aliphatic carboxylic acids is 1. The number of nitrogens with one attached hydrogen (secondary N) is 1. The Labute approximate surface area is 186 Å². The monoisotopic (exact) mass is 443 g/mol. The van der Waals surface area contributed by atoms with E-state index in [2.05, 4.69) is 15.5 Å². The molecule has 2 N–H and O–H groups in total. The normalized spacial score (nSPS) is 11.5. The molecule has 1 heterocycles. The summed E-state index contributed by atoms with van der Waals surface area (Å²) < 4.78 is 11.1. The van der Waals surface area contributed by atoms with Crippen LogP contribution in [-0.2, 0) is 4.79 Å². The molecule has 1 aromatic heterocycles. The van der Waals surface area contributed by atoms with Crippen LogP contribution in [0.1, 0.15) is 34.1 Å².